The molecule has 1 amide bonds. The fraction of sp³-hybridized carbons (Fsp3) is 0.333. The van der Waals surface area contributed by atoms with Crippen molar-refractivity contribution in [3.63, 3.8) is 0 Å². The zero-order chi connectivity index (χ0) is 19.0. The van der Waals surface area contributed by atoms with Gasteiger partial charge in [-0.3, -0.25) is 9.48 Å². The number of hydrogen-bond acceptors (Lipinski definition) is 4. The number of pyridine rings is 1. The summed E-state index contributed by atoms with van der Waals surface area (Å²) in [6, 6.07) is 10.0. The minimum absolute atomic E-state index is 0.194. The lowest BCUT2D eigenvalue weighted by Crippen LogP contribution is -2.19. The zero-order valence-electron chi connectivity index (χ0n) is 15.3. The smallest absolute Gasteiger partial charge is 0.267 e. The van der Waals surface area contributed by atoms with Crippen molar-refractivity contribution in [2.45, 2.75) is 38.6 Å². The monoisotopic (exact) mass is 362 g/mol. The maximum absolute atomic E-state index is 11.8. The van der Waals surface area contributed by atoms with Gasteiger partial charge in [0.05, 0.1) is 11.6 Å². The summed E-state index contributed by atoms with van der Waals surface area (Å²) in [7, 11) is 0. The first-order valence-corrected chi connectivity index (χ1v) is 9.27. The molecule has 1 aromatic carbocycles. The molecule has 2 aromatic heterocycles. The maximum atomic E-state index is 11.8. The van der Waals surface area contributed by atoms with Gasteiger partial charge in [0, 0.05) is 28.8 Å². The van der Waals surface area contributed by atoms with Crippen molar-refractivity contribution in [2.75, 3.05) is 0 Å². The molecule has 27 heavy (non-hydrogen) atoms. The van der Waals surface area contributed by atoms with E-state index in [0.29, 0.717) is 6.04 Å². The van der Waals surface area contributed by atoms with E-state index in [1.54, 1.807) is 0 Å². The van der Waals surface area contributed by atoms with E-state index in [4.69, 9.17) is 10.8 Å². The third-order valence-electron chi connectivity index (χ3n) is 5.41. The first kappa shape index (κ1) is 17.4. The van der Waals surface area contributed by atoms with E-state index < -0.39 is 5.91 Å². The molecule has 138 valence electrons. The molecular weight excluding hydrogens is 340 g/mol. The average Bonchev–Trinajstić information content (AvgIpc) is 3.11. The van der Waals surface area contributed by atoms with Crippen LogP contribution in [-0.2, 0) is 4.79 Å². The number of aldehydes is 1. The van der Waals surface area contributed by atoms with Gasteiger partial charge in [-0.15, -0.1) is 0 Å². The number of fused-ring (bicyclic) bond motifs is 1. The van der Waals surface area contributed by atoms with Crippen LogP contribution >= 0.6 is 0 Å². The number of hydrogen-bond donors (Lipinski definition) is 1. The quantitative estimate of drug-likeness (QED) is 0.720. The summed E-state index contributed by atoms with van der Waals surface area (Å²) < 4.78 is 2.03. The number of carbonyl (C=O) groups excluding carboxylic acids is 2. The predicted molar refractivity (Wildman–Crippen MR) is 103 cm³/mol. The molecule has 2 heterocycles. The first-order valence-electron chi connectivity index (χ1n) is 9.27. The Morgan fingerprint density at radius 2 is 1.96 bits per heavy atom. The highest BCUT2D eigenvalue weighted by atomic mass is 16.1. The highest BCUT2D eigenvalue weighted by Gasteiger charge is 2.23. The Balaban J connectivity index is 1.68. The van der Waals surface area contributed by atoms with Crippen LogP contribution in [0.3, 0.4) is 0 Å². The number of aromatic nitrogens is 3. The molecule has 0 atom stereocenters. The average molecular weight is 362 g/mol. The molecule has 4 rings (SSSR count). The molecule has 0 bridgehead atoms. The number of nitrogens with zero attached hydrogens (tertiary/aromatic N) is 3. The fourth-order valence-corrected chi connectivity index (χ4v) is 3.88. The van der Waals surface area contributed by atoms with Crippen LogP contribution in [0.1, 0.15) is 47.9 Å². The lowest BCUT2D eigenvalue weighted by atomic mass is 9.87. The van der Waals surface area contributed by atoms with E-state index >= 15 is 0 Å². The number of carbonyl (C=O) groups is 2. The molecule has 0 unspecified atom stereocenters. The van der Waals surface area contributed by atoms with Gasteiger partial charge >= 0.3 is 0 Å². The Morgan fingerprint density at radius 1 is 1.19 bits per heavy atom. The van der Waals surface area contributed by atoms with Crippen LogP contribution in [0.15, 0.2) is 36.5 Å². The summed E-state index contributed by atoms with van der Waals surface area (Å²) in [5.74, 6) is -0.337. The van der Waals surface area contributed by atoms with E-state index in [0.717, 1.165) is 59.7 Å². The minimum atomic E-state index is -0.531. The number of aryl methyl sites for hydroxylation is 1. The Kier molecular flexibility index (Phi) is 4.48. The fourth-order valence-electron chi connectivity index (χ4n) is 3.88. The normalized spacial score (nSPS) is 19.9. The van der Waals surface area contributed by atoms with Crippen molar-refractivity contribution in [3.8, 4) is 11.1 Å². The van der Waals surface area contributed by atoms with Gasteiger partial charge < -0.3 is 10.5 Å². The van der Waals surface area contributed by atoms with Crippen molar-refractivity contribution in [1.29, 1.82) is 0 Å². The molecule has 2 N–H and O–H groups in total. The van der Waals surface area contributed by atoms with E-state index in [-0.39, 0.29) is 11.6 Å². The van der Waals surface area contributed by atoms with Crippen molar-refractivity contribution in [3.05, 3.63) is 47.9 Å². The number of benzene rings is 1. The Morgan fingerprint density at radius 3 is 2.67 bits per heavy atom. The van der Waals surface area contributed by atoms with E-state index in [1.807, 2.05) is 41.9 Å². The Hall–Kier alpha value is -3.02. The summed E-state index contributed by atoms with van der Waals surface area (Å²) in [5, 5.41) is 5.73. The number of rotatable bonds is 4. The highest BCUT2D eigenvalue weighted by Crippen LogP contribution is 2.33. The maximum Gasteiger partial charge on any atom is 0.267 e. The van der Waals surface area contributed by atoms with Gasteiger partial charge in [0.2, 0.25) is 0 Å². The van der Waals surface area contributed by atoms with E-state index in [1.165, 1.54) is 0 Å². The lowest BCUT2D eigenvalue weighted by molar-refractivity contribution is -0.112. The molecule has 1 aliphatic rings. The highest BCUT2D eigenvalue weighted by molar-refractivity contribution is 5.99. The van der Waals surface area contributed by atoms with Gasteiger partial charge in [0.15, 0.2) is 0 Å². The molecule has 0 spiro atoms. The second-order valence-corrected chi connectivity index (χ2v) is 7.30. The SMILES string of the molecule is Cc1ccc(-c2ccc3nn(C4CCC(C=O)CC4)cc3c2)c(C(N)=O)n1. The summed E-state index contributed by atoms with van der Waals surface area (Å²) in [4.78, 5) is 27.0. The molecule has 0 saturated heterocycles. The molecule has 1 fully saturated rings. The van der Waals surface area contributed by atoms with Gasteiger partial charge in [0.25, 0.3) is 5.91 Å². The van der Waals surface area contributed by atoms with Crippen molar-refractivity contribution in [2.24, 2.45) is 11.7 Å². The standard InChI is InChI=1S/C21H22N4O2/c1-13-2-8-18(20(23-13)21(22)27)15-5-9-19-16(10-15)11-25(24-19)17-6-3-14(12-26)4-7-17/h2,5,8-12,14,17H,3-4,6-7H2,1H3,(H2,22,27). The summed E-state index contributed by atoms with van der Waals surface area (Å²) >= 11 is 0. The number of nitrogens with two attached hydrogens (primary N) is 1. The van der Waals surface area contributed by atoms with Crippen LogP contribution in [-0.4, -0.2) is 27.0 Å². The van der Waals surface area contributed by atoms with Crippen LogP contribution in [0.5, 0.6) is 0 Å². The summed E-state index contributed by atoms with van der Waals surface area (Å²) in [5.41, 5.74) is 9.10. The van der Waals surface area contributed by atoms with Crippen LogP contribution in [0, 0.1) is 12.8 Å². The zero-order valence-corrected chi connectivity index (χ0v) is 15.3. The Labute approximate surface area is 157 Å². The van der Waals surface area contributed by atoms with Crippen molar-refractivity contribution < 1.29 is 9.59 Å². The number of amides is 1. The topological polar surface area (TPSA) is 90.9 Å². The molecule has 6 heteroatoms. The first-order chi connectivity index (χ1) is 13.0. The molecule has 1 aliphatic carbocycles. The molecule has 1 saturated carbocycles. The second kappa shape index (κ2) is 6.95. The number of primary amides is 1. The minimum Gasteiger partial charge on any atom is -0.364 e. The van der Waals surface area contributed by atoms with Gasteiger partial charge in [-0.05, 0) is 56.4 Å². The van der Waals surface area contributed by atoms with Gasteiger partial charge in [-0.25, -0.2) is 4.98 Å². The van der Waals surface area contributed by atoms with Crippen LogP contribution < -0.4 is 5.73 Å². The molecule has 3 aromatic rings. The van der Waals surface area contributed by atoms with E-state index in [9.17, 15) is 9.59 Å². The van der Waals surface area contributed by atoms with Gasteiger partial charge in [-0.1, -0.05) is 12.1 Å². The summed E-state index contributed by atoms with van der Waals surface area (Å²) in [6.45, 7) is 1.84. The van der Waals surface area contributed by atoms with Gasteiger partial charge in [-0.2, -0.15) is 5.10 Å². The van der Waals surface area contributed by atoms with Crippen LogP contribution in [0.4, 0.5) is 0 Å². The lowest BCUT2D eigenvalue weighted by Gasteiger charge is -2.25. The third kappa shape index (κ3) is 3.35. The third-order valence-corrected chi connectivity index (χ3v) is 5.41. The van der Waals surface area contributed by atoms with Crippen LogP contribution in [0.2, 0.25) is 0 Å². The largest absolute Gasteiger partial charge is 0.364 e. The van der Waals surface area contributed by atoms with Gasteiger partial charge in [0.1, 0.15) is 12.0 Å². The van der Waals surface area contributed by atoms with Crippen LogP contribution in [0.25, 0.3) is 22.0 Å². The Bertz CT molecular complexity index is 1020. The molecule has 0 radical (unpaired) electrons. The van der Waals surface area contributed by atoms with Crippen molar-refractivity contribution >= 4 is 23.1 Å². The molecule has 6 nitrogen and oxygen atoms in total. The summed E-state index contributed by atoms with van der Waals surface area (Å²) in [6.07, 6.45) is 6.92. The van der Waals surface area contributed by atoms with Crippen molar-refractivity contribution in [1.82, 2.24) is 14.8 Å². The van der Waals surface area contributed by atoms with E-state index in [2.05, 4.69) is 11.2 Å². The predicted octanol–water partition coefficient (Wildman–Crippen LogP) is 3.44. The molecule has 0 aliphatic heterocycles. The second-order valence-electron chi connectivity index (χ2n) is 7.30. The molecular formula is C21H22N4O2.